The van der Waals surface area contributed by atoms with E-state index in [1.54, 1.807) is 21.9 Å². The Bertz CT molecular complexity index is 1290. The monoisotopic (exact) mass is 469 g/mol. The molecule has 1 aromatic carbocycles. The molecule has 1 aliphatic heterocycles. The van der Waals surface area contributed by atoms with Crippen molar-refractivity contribution in [3.8, 4) is 11.3 Å². The van der Waals surface area contributed by atoms with Gasteiger partial charge < -0.3 is 15.5 Å². The van der Waals surface area contributed by atoms with E-state index in [0.29, 0.717) is 48.0 Å². The van der Waals surface area contributed by atoms with Crippen LogP contribution in [-0.4, -0.2) is 63.3 Å². The van der Waals surface area contributed by atoms with Gasteiger partial charge in [0.05, 0.1) is 21.8 Å². The minimum atomic E-state index is -0.684. The zero-order valence-electron chi connectivity index (χ0n) is 17.6. The molecular formula is C23H21ClFN5O3. The van der Waals surface area contributed by atoms with Gasteiger partial charge in [-0.3, -0.25) is 14.4 Å². The number of hydrogen-bond acceptors (Lipinski definition) is 4. The van der Waals surface area contributed by atoms with Gasteiger partial charge in [-0.25, -0.2) is 8.91 Å². The summed E-state index contributed by atoms with van der Waals surface area (Å²) in [6.07, 6.45) is 1.87. The van der Waals surface area contributed by atoms with Crippen molar-refractivity contribution in [2.24, 2.45) is 11.7 Å². The molecule has 5 rings (SSSR count). The van der Waals surface area contributed by atoms with Crippen LogP contribution in [0.4, 0.5) is 4.39 Å². The molecule has 1 saturated heterocycles. The van der Waals surface area contributed by atoms with Crippen molar-refractivity contribution < 1.29 is 18.8 Å². The van der Waals surface area contributed by atoms with Crippen LogP contribution in [0.25, 0.3) is 16.8 Å². The van der Waals surface area contributed by atoms with Crippen LogP contribution in [0.2, 0.25) is 5.02 Å². The molecule has 1 saturated carbocycles. The first-order valence-electron chi connectivity index (χ1n) is 10.7. The zero-order valence-corrected chi connectivity index (χ0v) is 18.4. The number of primary amides is 1. The van der Waals surface area contributed by atoms with Gasteiger partial charge in [0.25, 0.3) is 11.8 Å². The second kappa shape index (κ2) is 8.15. The fourth-order valence-electron chi connectivity index (χ4n) is 4.11. The highest BCUT2D eigenvalue weighted by molar-refractivity contribution is 6.34. The standard InChI is InChI=1S/C23H21ClFN5O3/c24-16-12-20(21(26)31)30-19(16)6-5-18(27-30)14-3-4-17(25)15(11-14)23(33)29-9-7-28(8-10-29)22(32)13-1-2-13/h3-6,11-13H,1-2,7-10H2,(H2,26,31). The molecule has 33 heavy (non-hydrogen) atoms. The maximum absolute atomic E-state index is 14.6. The average Bonchev–Trinajstić information content (AvgIpc) is 3.62. The van der Waals surface area contributed by atoms with E-state index in [-0.39, 0.29) is 23.1 Å². The minimum Gasteiger partial charge on any atom is -0.364 e. The normalized spacial score (nSPS) is 16.3. The molecule has 0 atom stereocenters. The highest BCUT2D eigenvalue weighted by Crippen LogP contribution is 2.31. The van der Waals surface area contributed by atoms with Gasteiger partial charge in [-0.2, -0.15) is 5.10 Å². The van der Waals surface area contributed by atoms with Gasteiger partial charge in [0, 0.05) is 37.7 Å². The van der Waals surface area contributed by atoms with E-state index in [0.717, 1.165) is 12.8 Å². The quantitative estimate of drug-likeness (QED) is 0.634. The van der Waals surface area contributed by atoms with Crippen LogP contribution in [0.5, 0.6) is 0 Å². The van der Waals surface area contributed by atoms with Gasteiger partial charge >= 0.3 is 0 Å². The number of carbonyl (C=O) groups is 3. The van der Waals surface area contributed by atoms with Crippen molar-refractivity contribution in [2.45, 2.75) is 12.8 Å². The van der Waals surface area contributed by atoms with Crippen molar-refractivity contribution >= 4 is 34.8 Å². The van der Waals surface area contributed by atoms with E-state index < -0.39 is 17.6 Å². The van der Waals surface area contributed by atoms with Gasteiger partial charge in [0.15, 0.2) is 0 Å². The first-order chi connectivity index (χ1) is 15.8. The molecular weight excluding hydrogens is 449 g/mol. The van der Waals surface area contributed by atoms with Crippen molar-refractivity contribution in [1.82, 2.24) is 19.4 Å². The van der Waals surface area contributed by atoms with Crippen LogP contribution in [0, 0.1) is 11.7 Å². The molecule has 3 aromatic rings. The molecule has 2 aliphatic rings. The summed E-state index contributed by atoms with van der Waals surface area (Å²) in [5.74, 6) is -1.47. The highest BCUT2D eigenvalue weighted by atomic mass is 35.5. The van der Waals surface area contributed by atoms with Crippen LogP contribution < -0.4 is 5.73 Å². The maximum Gasteiger partial charge on any atom is 0.267 e. The number of benzene rings is 1. The predicted molar refractivity (Wildman–Crippen MR) is 119 cm³/mol. The lowest BCUT2D eigenvalue weighted by molar-refractivity contribution is -0.134. The van der Waals surface area contributed by atoms with Gasteiger partial charge in [0.2, 0.25) is 5.91 Å². The van der Waals surface area contributed by atoms with E-state index >= 15 is 0 Å². The maximum atomic E-state index is 14.6. The van der Waals surface area contributed by atoms with Crippen molar-refractivity contribution in [2.75, 3.05) is 26.2 Å². The van der Waals surface area contributed by atoms with E-state index in [1.807, 2.05) is 0 Å². The first kappa shape index (κ1) is 21.4. The number of nitrogens with two attached hydrogens (primary N) is 1. The second-order valence-electron chi connectivity index (χ2n) is 8.34. The summed E-state index contributed by atoms with van der Waals surface area (Å²) in [7, 11) is 0. The number of piperazine rings is 1. The predicted octanol–water partition coefficient (Wildman–Crippen LogP) is 2.59. The summed E-state index contributed by atoms with van der Waals surface area (Å²) in [6.45, 7) is 1.61. The lowest BCUT2D eigenvalue weighted by atomic mass is 10.1. The van der Waals surface area contributed by atoms with Crippen LogP contribution in [-0.2, 0) is 4.79 Å². The van der Waals surface area contributed by atoms with Gasteiger partial charge in [-0.1, -0.05) is 11.6 Å². The number of rotatable bonds is 4. The SMILES string of the molecule is NC(=O)c1cc(Cl)c2ccc(-c3ccc(F)c(C(=O)N4CCN(C(=O)C5CC5)CC4)c3)nn12. The number of halogens is 2. The molecule has 2 aromatic heterocycles. The summed E-state index contributed by atoms with van der Waals surface area (Å²) in [4.78, 5) is 40.4. The van der Waals surface area contributed by atoms with E-state index in [4.69, 9.17) is 17.3 Å². The molecule has 170 valence electrons. The van der Waals surface area contributed by atoms with E-state index in [2.05, 4.69) is 5.10 Å². The summed E-state index contributed by atoms with van der Waals surface area (Å²) in [5.41, 5.74) is 6.89. The van der Waals surface area contributed by atoms with Gasteiger partial charge in [-0.15, -0.1) is 0 Å². The fourth-order valence-corrected chi connectivity index (χ4v) is 4.36. The molecule has 3 amide bonds. The topological polar surface area (TPSA) is 101 Å². The Morgan fingerprint density at radius 2 is 1.70 bits per heavy atom. The van der Waals surface area contributed by atoms with E-state index in [9.17, 15) is 18.8 Å². The molecule has 10 heteroatoms. The molecule has 2 N–H and O–H groups in total. The Morgan fingerprint density at radius 1 is 1.00 bits per heavy atom. The number of fused-ring (bicyclic) bond motifs is 1. The Labute approximate surface area is 193 Å². The minimum absolute atomic E-state index is 0.0722. The van der Waals surface area contributed by atoms with Crippen molar-refractivity contribution in [1.29, 1.82) is 0 Å². The number of carbonyl (C=O) groups excluding carboxylic acids is 3. The Balaban J connectivity index is 1.40. The summed E-state index contributed by atoms with van der Waals surface area (Å²) in [6, 6.07) is 8.97. The van der Waals surface area contributed by atoms with Crippen LogP contribution in [0.1, 0.15) is 33.7 Å². The zero-order chi connectivity index (χ0) is 23.3. The van der Waals surface area contributed by atoms with Crippen LogP contribution >= 0.6 is 11.6 Å². The lowest BCUT2D eigenvalue weighted by Gasteiger charge is -2.35. The van der Waals surface area contributed by atoms with Crippen molar-refractivity contribution in [3.63, 3.8) is 0 Å². The molecule has 0 radical (unpaired) electrons. The van der Waals surface area contributed by atoms with Gasteiger partial charge in [0.1, 0.15) is 11.5 Å². The number of aromatic nitrogens is 2. The summed E-state index contributed by atoms with van der Waals surface area (Å²) >= 11 is 6.15. The Morgan fingerprint density at radius 3 is 2.36 bits per heavy atom. The molecule has 0 bridgehead atoms. The number of nitrogens with zero attached hydrogens (tertiary/aromatic N) is 4. The summed E-state index contributed by atoms with van der Waals surface area (Å²) in [5, 5.41) is 4.75. The van der Waals surface area contributed by atoms with E-state index in [1.165, 1.54) is 28.8 Å². The highest BCUT2D eigenvalue weighted by Gasteiger charge is 2.35. The van der Waals surface area contributed by atoms with Gasteiger partial charge in [-0.05, 0) is 49.2 Å². The number of amides is 3. The summed E-state index contributed by atoms with van der Waals surface area (Å²) < 4.78 is 16.0. The average molecular weight is 470 g/mol. The Hall–Kier alpha value is -3.46. The molecule has 8 nitrogen and oxygen atoms in total. The third-order valence-corrected chi connectivity index (χ3v) is 6.42. The fraction of sp³-hybridized carbons (Fsp3) is 0.304. The van der Waals surface area contributed by atoms with Crippen LogP contribution in [0.3, 0.4) is 0 Å². The third kappa shape index (κ3) is 3.93. The van der Waals surface area contributed by atoms with Crippen LogP contribution in [0.15, 0.2) is 36.4 Å². The second-order valence-corrected chi connectivity index (χ2v) is 8.75. The van der Waals surface area contributed by atoms with Crippen molar-refractivity contribution in [3.05, 3.63) is 58.5 Å². The smallest absolute Gasteiger partial charge is 0.267 e. The first-order valence-corrected chi connectivity index (χ1v) is 11.1. The molecule has 1 aliphatic carbocycles. The molecule has 2 fully saturated rings. The molecule has 0 spiro atoms. The lowest BCUT2D eigenvalue weighted by Crippen LogP contribution is -2.51. The molecule has 0 unspecified atom stereocenters. The third-order valence-electron chi connectivity index (χ3n) is 6.12. The molecule has 3 heterocycles. The Kier molecular flexibility index (Phi) is 5.28. The number of hydrogen-bond donors (Lipinski definition) is 1. The largest absolute Gasteiger partial charge is 0.364 e.